The van der Waals surface area contributed by atoms with Crippen molar-refractivity contribution in [2.45, 2.75) is 78.6 Å². The first-order valence-corrected chi connectivity index (χ1v) is 12.0. The van der Waals surface area contributed by atoms with Gasteiger partial charge in [-0.1, -0.05) is 0 Å². The van der Waals surface area contributed by atoms with Crippen molar-refractivity contribution in [3.8, 4) is 0 Å². The van der Waals surface area contributed by atoms with Crippen LogP contribution in [0.3, 0.4) is 0 Å². The molecule has 5 heteroatoms. The van der Waals surface area contributed by atoms with Crippen molar-refractivity contribution in [1.82, 2.24) is 0 Å². The Balaban J connectivity index is 4.02. The molecule has 0 aliphatic heterocycles. The van der Waals surface area contributed by atoms with Gasteiger partial charge in [0, 0.05) is 0 Å². The molecule has 0 aliphatic rings. The summed E-state index contributed by atoms with van der Waals surface area (Å²) in [5.41, 5.74) is 0. The number of hydrogen-bond donors (Lipinski definition) is 0. The van der Waals surface area contributed by atoms with Gasteiger partial charge in [-0.2, -0.15) is 0 Å². The van der Waals surface area contributed by atoms with Crippen molar-refractivity contribution in [3.63, 3.8) is 0 Å². The zero-order chi connectivity index (χ0) is 15.1. The van der Waals surface area contributed by atoms with Crippen LogP contribution >= 0.6 is 6.19 Å². The average Bonchev–Trinajstić information content (AvgIpc) is 2.45. The van der Waals surface area contributed by atoms with Gasteiger partial charge < -0.3 is 0 Å². The van der Waals surface area contributed by atoms with E-state index in [1.54, 1.807) is 0 Å². The van der Waals surface area contributed by atoms with E-state index in [1.807, 2.05) is 0 Å². The van der Waals surface area contributed by atoms with Crippen molar-refractivity contribution < 1.29 is 13.6 Å². The Morgan fingerprint density at radius 1 is 0.600 bits per heavy atom. The van der Waals surface area contributed by atoms with Crippen molar-refractivity contribution in [2.24, 2.45) is 0 Å². The summed E-state index contributed by atoms with van der Waals surface area (Å²) < 4.78 is 17.7. The summed E-state index contributed by atoms with van der Waals surface area (Å²) in [6.45, 7) is 8.79. The molecule has 0 aromatic rings. The normalized spacial score (nSPS) is 11.9. The molecule has 0 heterocycles. The van der Waals surface area contributed by atoms with E-state index >= 15 is 0 Å². The van der Waals surface area contributed by atoms with E-state index in [9.17, 15) is 0 Å². The second-order valence-electron chi connectivity index (χ2n) is 5.07. The van der Waals surface area contributed by atoms with Gasteiger partial charge in [0.2, 0.25) is 0 Å². The standard InChI is InChI=1S/C15H33O3PSe/c1-4-7-10-13-16-19(20,17-14-11-8-5-2)18-15-12-9-6-3/h4-15H2,1-3H3. The number of hydrogen-bond acceptors (Lipinski definition) is 3. The SMILES string of the molecule is CCCCCOP(=[Se])(OCCCCC)OCCCCC. The predicted molar refractivity (Wildman–Crippen MR) is 89.1 cm³/mol. The van der Waals surface area contributed by atoms with E-state index in [1.165, 1.54) is 38.5 Å². The molecular weight excluding hydrogens is 338 g/mol. The van der Waals surface area contributed by atoms with Crippen LogP contribution in [0.5, 0.6) is 0 Å². The van der Waals surface area contributed by atoms with Crippen LogP contribution in [0.15, 0.2) is 0 Å². The van der Waals surface area contributed by atoms with Crippen LogP contribution < -0.4 is 0 Å². The van der Waals surface area contributed by atoms with Crippen LogP contribution in [-0.4, -0.2) is 34.9 Å². The topological polar surface area (TPSA) is 27.7 Å². The predicted octanol–water partition coefficient (Wildman–Crippen LogP) is 5.45. The second-order valence-corrected chi connectivity index (χ2v) is 9.55. The van der Waals surface area contributed by atoms with Crippen LogP contribution in [0, 0.1) is 0 Å². The van der Waals surface area contributed by atoms with Crippen molar-refractivity contribution in [3.05, 3.63) is 0 Å². The average molecular weight is 371 g/mol. The van der Waals surface area contributed by atoms with Gasteiger partial charge in [0.05, 0.1) is 0 Å². The summed E-state index contributed by atoms with van der Waals surface area (Å²) >= 11 is 3.07. The zero-order valence-corrected chi connectivity index (χ0v) is 16.2. The molecule has 3 nitrogen and oxygen atoms in total. The van der Waals surface area contributed by atoms with Crippen molar-refractivity contribution in [2.75, 3.05) is 19.8 Å². The molecule has 0 aromatic heterocycles. The molecule has 0 saturated heterocycles. The van der Waals surface area contributed by atoms with Gasteiger partial charge in [-0.25, -0.2) is 0 Å². The molecule has 0 fully saturated rings. The zero-order valence-electron chi connectivity index (χ0n) is 13.6. The van der Waals surface area contributed by atoms with Crippen LogP contribution in [0.1, 0.15) is 78.6 Å². The first-order valence-electron chi connectivity index (χ1n) is 8.22. The summed E-state index contributed by atoms with van der Waals surface area (Å²) in [6.07, 6.45) is 8.24. The van der Waals surface area contributed by atoms with Gasteiger partial charge in [0.1, 0.15) is 0 Å². The van der Waals surface area contributed by atoms with Crippen LogP contribution in [-0.2, 0) is 13.6 Å². The van der Waals surface area contributed by atoms with Crippen molar-refractivity contribution in [1.29, 1.82) is 0 Å². The molecule has 0 N–H and O–H groups in total. The number of rotatable bonds is 15. The fourth-order valence-corrected chi connectivity index (χ4v) is 4.39. The molecule has 0 saturated carbocycles. The summed E-state index contributed by atoms with van der Waals surface area (Å²) in [7, 11) is 0. The Kier molecular flexibility index (Phi) is 15.4. The van der Waals surface area contributed by atoms with Gasteiger partial charge in [0.25, 0.3) is 0 Å². The third-order valence-electron chi connectivity index (χ3n) is 2.99. The Morgan fingerprint density at radius 2 is 0.900 bits per heavy atom. The fourth-order valence-electron chi connectivity index (χ4n) is 1.70. The Labute approximate surface area is 133 Å². The Hall–Kier alpha value is 0.829. The van der Waals surface area contributed by atoms with Crippen LogP contribution in [0.2, 0.25) is 0 Å². The number of unbranched alkanes of at least 4 members (excludes halogenated alkanes) is 6. The third kappa shape index (κ3) is 12.6. The molecule has 0 atom stereocenters. The summed E-state index contributed by atoms with van der Waals surface area (Å²) in [4.78, 5) is 0. The first kappa shape index (κ1) is 20.8. The van der Waals surface area contributed by atoms with E-state index in [4.69, 9.17) is 13.6 Å². The molecule has 0 aliphatic carbocycles. The maximum atomic E-state index is 5.90. The van der Waals surface area contributed by atoms with E-state index < -0.39 is 6.19 Å². The van der Waals surface area contributed by atoms with E-state index in [0.29, 0.717) is 0 Å². The summed E-state index contributed by atoms with van der Waals surface area (Å²) in [6, 6.07) is 0. The van der Waals surface area contributed by atoms with E-state index in [2.05, 4.69) is 35.9 Å². The van der Waals surface area contributed by atoms with Gasteiger partial charge >= 0.3 is 133 Å². The molecular formula is C15H33O3PSe. The fraction of sp³-hybridized carbons (Fsp3) is 1.00. The molecule has 0 spiro atoms. The molecule has 20 heavy (non-hydrogen) atoms. The molecule has 0 aromatic carbocycles. The third-order valence-corrected chi connectivity index (χ3v) is 6.48. The quantitative estimate of drug-likeness (QED) is 0.218. The molecule has 0 amide bonds. The van der Waals surface area contributed by atoms with Crippen molar-refractivity contribution >= 4 is 21.3 Å². The molecule has 0 rings (SSSR count). The van der Waals surface area contributed by atoms with Gasteiger partial charge in [-0.3, -0.25) is 0 Å². The summed E-state index contributed by atoms with van der Waals surface area (Å²) in [5, 5.41) is 0. The van der Waals surface area contributed by atoms with Crippen LogP contribution in [0.4, 0.5) is 0 Å². The minimum absolute atomic E-state index is 0.732. The minimum atomic E-state index is -2.21. The molecule has 0 bridgehead atoms. The maximum absolute atomic E-state index is 5.90. The Bertz CT molecular complexity index is 211. The first-order chi connectivity index (χ1) is 9.68. The molecule has 122 valence electrons. The van der Waals surface area contributed by atoms with Gasteiger partial charge in [0.15, 0.2) is 0 Å². The van der Waals surface area contributed by atoms with E-state index in [-0.39, 0.29) is 0 Å². The molecule has 0 unspecified atom stereocenters. The molecule has 0 radical (unpaired) electrons. The van der Waals surface area contributed by atoms with Gasteiger partial charge in [-0.05, 0) is 0 Å². The summed E-state index contributed by atoms with van der Waals surface area (Å²) in [5.74, 6) is 0. The van der Waals surface area contributed by atoms with E-state index in [0.717, 1.165) is 39.1 Å². The van der Waals surface area contributed by atoms with Gasteiger partial charge in [-0.15, -0.1) is 0 Å². The second kappa shape index (κ2) is 14.8. The van der Waals surface area contributed by atoms with Crippen LogP contribution in [0.25, 0.3) is 0 Å². The Morgan fingerprint density at radius 3 is 1.15 bits per heavy atom. The monoisotopic (exact) mass is 372 g/mol.